The van der Waals surface area contributed by atoms with Gasteiger partial charge < -0.3 is 10.2 Å². The molecule has 2 aliphatic rings. The maximum Gasteiger partial charge on any atom is 0.251 e. The number of likely N-dealkylation sites (tertiary alicyclic amines) is 1. The van der Waals surface area contributed by atoms with Gasteiger partial charge in [0, 0.05) is 34.8 Å². The minimum atomic E-state index is -0.306. The number of nitrogens with one attached hydrogen (secondary N) is 1. The predicted octanol–water partition coefficient (Wildman–Crippen LogP) is 6.16. The van der Waals surface area contributed by atoms with Crippen LogP contribution < -0.4 is 5.32 Å². The monoisotopic (exact) mass is 513 g/mol. The first-order valence-electron chi connectivity index (χ1n) is 13.9. The third-order valence-electron chi connectivity index (χ3n) is 8.23. The van der Waals surface area contributed by atoms with Crippen molar-refractivity contribution in [1.29, 1.82) is 0 Å². The van der Waals surface area contributed by atoms with Gasteiger partial charge in [0.2, 0.25) is 0 Å². The fourth-order valence-corrected chi connectivity index (χ4v) is 5.82. The van der Waals surface area contributed by atoms with E-state index in [0.717, 1.165) is 69.4 Å². The number of benzene rings is 2. The normalized spacial score (nSPS) is 20.7. The van der Waals surface area contributed by atoms with E-state index in [9.17, 15) is 14.0 Å². The number of carbonyl (C=O) groups excluding carboxylic acids is 2. The molecule has 1 saturated heterocycles. The molecular formula is C32H36FN3O2. The molecule has 1 aromatic heterocycles. The molecule has 38 heavy (non-hydrogen) atoms. The maximum absolute atomic E-state index is 13.2. The molecule has 0 unspecified atom stereocenters. The Bertz CT molecular complexity index is 1200. The summed E-state index contributed by atoms with van der Waals surface area (Å²) in [5, 5.41) is 3.23. The molecule has 2 aromatic carbocycles. The predicted molar refractivity (Wildman–Crippen MR) is 147 cm³/mol. The third-order valence-corrected chi connectivity index (χ3v) is 8.23. The lowest BCUT2D eigenvalue weighted by Gasteiger charge is -2.34. The van der Waals surface area contributed by atoms with Crippen LogP contribution in [-0.4, -0.2) is 47.3 Å². The number of hydrogen-bond acceptors (Lipinski definition) is 4. The number of aromatic nitrogens is 1. The molecule has 0 bridgehead atoms. The lowest BCUT2D eigenvalue weighted by Crippen LogP contribution is -2.39. The molecule has 0 atom stereocenters. The third kappa shape index (κ3) is 6.73. The topological polar surface area (TPSA) is 62.3 Å². The van der Waals surface area contributed by atoms with Gasteiger partial charge in [0.1, 0.15) is 5.82 Å². The Balaban J connectivity index is 1.00. The van der Waals surface area contributed by atoms with Gasteiger partial charge in [0.25, 0.3) is 5.91 Å². The minimum Gasteiger partial charge on any atom is -0.349 e. The van der Waals surface area contributed by atoms with Crippen molar-refractivity contribution in [2.75, 3.05) is 19.6 Å². The zero-order chi connectivity index (χ0) is 26.3. The number of rotatable bonds is 8. The molecule has 6 heteroatoms. The smallest absolute Gasteiger partial charge is 0.251 e. The van der Waals surface area contributed by atoms with E-state index >= 15 is 0 Å². The zero-order valence-corrected chi connectivity index (χ0v) is 21.8. The summed E-state index contributed by atoms with van der Waals surface area (Å²) >= 11 is 0. The molecule has 1 N–H and O–H groups in total. The standard InChI is InChI=1S/C32H36FN3O2/c33-28-12-10-25(11-13-28)31(37)26-17-21-36(22-18-26)20-16-23-4-14-29(15-5-23)35-32(38)27-8-6-24(7-9-27)30-3-1-2-19-34-30/h1-3,6-13,19,23,26,29H,4-5,14-18,20-22H2,(H,35,38). The van der Waals surface area contributed by atoms with Crippen LogP contribution in [0, 0.1) is 17.7 Å². The Morgan fingerprint density at radius 3 is 2.18 bits per heavy atom. The van der Waals surface area contributed by atoms with Crippen molar-refractivity contribution in [1.82, 2.24) is 15.2 Å². The molecule has 1 aliphatic carbocycles. The van der Waals surface area contributed by atoms with Gasteiger partial charge in [-0.3, -0.25) is 14.6 Å². The second kappa shape index (κ2) is 12.4. The highest BCUT2D eigenvalue weighted by atomic mass is 19.1. The van der Waals surface area contributed by atoms with Gasteiger partial charge in [-0.2, -0.15) is 0 Å². The zero-order valence-electron chi connectivity index (χ0n) is 21.8. The van der Waals surface area contributed by atoms with Crippen LogP contribution in [0.4, 0.5) is 4.39 Å². The van der Waals surface area contributed by atoms with Crippen molar-refractivity contribution in [3.63, 3.8) is 0 Å². The number of carbonyl (C=O) groups is 2. The van der Waals surface area contributed by atoms with Crippen molar-refractivity contribution in [3.05, 3.63) is 89.9 Å². The molecule has 2 fully saturated rings. The highest BCUT2D eigenvalue weighted by Gasteiger charge is 2.27. The maximum atomic E-state index is 13.2. The largest absolute Gasteiger partial charge is 0.349 e. The van der Waals surface area contributed by atoms with Crippen LogP contribution in [0.15, 0.2) is 72.9 Å². The molecule has 2 heterocycles. The van der Waals surface area contributed by atoms with Gasteiger partial charge in [-0.25, -0.2) is 4.39 Å². The highest BCUT2D eigenvalue weighted by molar-refractivity contribution is 5.98. The number of piperidine rings is 1. The summed E-state index contributed by atoms with van der Waals surface area (Å²) in [4.78, 5) is 32.3. The van der Waals surface area contributed by atoms with Crippen LogP contribution in [0.25, 0.3) is 11.3 Å². The van der Waals surface area contributed by atoms with Crippen LogP contribution in [-0.2, 0) is 0 Å². The van der Waals surface area contributed by atoms with Crippen LogP contribution in [0.1, 0.15) is 65.7 Å². The lowest BCUT2D eigenvalue weighted by molar-refractivity contribution is 0.0832. The number of halogens is 1. The Morgan fingerprint density at radius 2 is 1.53 bits per heavy atom. The van der Waals surface area contributed by atoms with E-state index < -0.39 is 0 Å². The van der Waals surface area contributed by atoms with E-state index in [1.165, 1.54) is 18.6 Å². The molecule has 1 amide bonds. The molecule has 1 saturated carbocycles. The van der Waals surface area contributed by atoms with Crippen molar-refractivity contribution >= 4 is 11.7 Å². The summed E-state index contributed by atoms with van der Waals surface area (Å²) in [6, 6.07) is 19.6. The van der Waals surface area contributed by atoms with Gasteiger partial charge in [-0.05, 0) is 119 Å². The molecule has 0 spiro atoms. The second-order valence-corrected chi connectivity index (χ2v) is 10.8. The van der Waals surface area contributed by atoms with Crippen molar-refractivity contribution < 1.29 is 14.0 Å². The summed E-state index contributed by atoms with van der Waals surface area (Å²) in [5.41, 5.74) is 3.22. The second-order valence-electron chi connectivity index (χ2n) is 10.8. The summed E-state index contributed by atoms with van der Waals surface area (Å²) in [7, 11) is 0. The van der Waals surface area contributed by atoms with Crippen LogP contribution in [0.2, 0.25) is 0 Å². The quantitative estimate of drug-likeness (QED) is 0.367. The van der Waals surface area contributed by atoms with Gasteiger partial charge in [0.15, 0.2) is 5.78 Å². The van der Waals surface area contributed by atoms with Crippen molar-refractivity contribution in [2.45, 2.75) is 51.0 Å². The molecular weight excluding hydrogens is 477 g/mol. The van der Waals surface area contributed by atoms with E-state index in [1.54, 1.807) is 18.3 Å². The number of nitrogens with zero attached hydrogens (tertiary/aromatic N) is 2. The van der Waals surface area contributed by atoms with Crippen LogP contribution in [0.5, 0.6) is 0 Å². The lowest BCUT2D eigenvalue weighted by atomic mass is 9.83. The van der Waals surface area contributed by atoms with Crippen molar-refractivity contribution in [3.8, 4) is 11.3 Å². The van der Waals surface area contributed by atoms with Gasteiger partial charge in [-0.1, -0.05) is 18.2 Å². The summed E-state index contributed by atoms with van der Waals surface area (Å²) in [6.07, 6.45) is 9.02. The number of pyridine rings is 1. The van der Waals surface area contributed by atoms with E-state index in [-0.39, 0.29) is 29.5 Å². The Labute approximate surface area is 224 Å². The fraction of sp³-hybridized carbons (Fsp3) is 0.406. The van der Waals surface area contributed by atoms with Gasteiger partial charge >= 0.3 is 0 Å². The fourth-order valence-electron chi connectivity index (χ4n) is 5.82. The highest BCUT2D eigenvalue weighted by Crippen LogP contribution is 2.29. The van der Waals surface area contributed by atoms with Gasteiger partial charge in [-0.15, -0.1) is 0 Å². The first-order chi connectivity index (χ1) is 18.5. The van der Waals surface area contributed by atoms with Crippen molar-refractivity contribution in [2.24, 2.45) is 11.8 Å². The average Bonchev–Trinajstić information content (AvgIpc) is 2.97. The molecule has 198 valence electrons. The van der Waals surface area contributed by atoms with E-state index in [1.807, 2.05) is 42.5 Å². The summed E-state index contributed by atoms with van der Waals surface area (Å²) in [5.74, 6) is 0.578. The summed E-state index contributed by atoms with van der Waals surface area (Å²) in [6.45, 7) is 2.96. The first-order valence-corrected chi connectivity index (χ1v) is 13.9. The van der Waals surface area contributed by atoms with Crippen LogP contribution in [0.3, 0.4) is 0 Å². The molecule has 0 radical (unpaired) electrons. The number of hydrogen-bond donors (Lipinski definition) is 1. The van der Waals surface area contributed by atoms with Gasteiger partial charge in [0.05, 0.1) is 5.69 Å². The summed E-state index contributed by atoms with van der Waals surface area (Å²) < 4.78 is 13.2. The van der Waals surface area contributed by atoms with E-state index in [4.69, 9.17) is 0 Å². The Hall–Kier alpha value is -3.38. The number of ketones is 1. The Kier molecular flexibility index (Phi) is 8.59. The molecule has 5 rings (SSSR count). The molecule has 3 aromatic rings. The number of amides is 1. The average molecular weight is 514 g/mol. The van der Waals surface area contributed by atoms with E-state index in [0.29, 0.717) is 17.0 Å². The van der Waals surface area contributed by atoms with Crippen LogP contribution >= 0.6 is 0 Å². The minimum absolute atomic E-state index is 0.000855. The first kappa shape index (κ1) is 26.2. The molecule has 5 nitrogen and oxygen atoms in total. The van der Waals surface area contributed by atoms with E-state index in [2.05, 4.69) is 15.2 Å². The SMILES string of the molecule is O=C(NC1CCC(CCN2CCC(C(=O)c3ccc(F)cc3)CC2)CC1)c1ccc(-c2ccccn2)cc1. The Morgan fingerprint density at radius 1 is 0.842 bits per heavy atom. The molecule has 1 aliphatic heterocycles. The number of Topliss-reactive ketones (excluding diaryl/α,β-unsaturated/α-hetero) is 1.